The number of aromatic nitrogens is 2. The topological polar surface area (TPSA) is 73.6 Å². The molecule has 1 aliphatic heterocycles. The van der Waals surface area contributed by atoms with Crippen LogP contribution in [0.1, 0.15) is 50.0 Å². The number of carbonyl (C=O) groups is 1. The van der Waals surface area contributed by atoms with Gasteiger partial charge in [0.25, 0.3) is 0 Å². The molecule has 2 heterocycles. The Morgan fingerprint density at radius 3 is 2.59 bits per heavy atom. The van der Waals surface area contributed by atoms with Crippen molar-refractivity contribution in [2.75, 3.05) is 6.61 Å². The van der Waals surface area contributed by atoms with Gasteiger partial charge in [-0.15, -0.1) is 0 Å². The number of aliphatic carboxylic acids is 1. The quantitative estimate of drug-likeness (QED) is 0.504. The van der Waals surface area contributed by atoms with Crippen LogP contribution in [0.15, 0.2) is 48.8 Å². The fourth-order valence-electron chi connectivity index (χ4n) is 4.14. The van der Waals surface area contributed by atoms with Crippen LogP contribution in [-0.4, -0.2) is 33.1 Å². The summed E-state index contributed by atoms with van der Waals surface area (Å²) in [7, 11) is 0. The van der Waals surface area contributed by atoms with E-state index >= 15 is 0 Å². The number of rotatable bonds is 5. The second-order valence-corrected chi connectivity index (χ2v) is 9.09. The van der Waals surface area contributed by atoms with Gasteiger partial charge in [-0.05, 0) is 75.1 Å². The van der Waals surface area contributed by atoms with Crippen LogP contribution in [0.25, 0.3) is 16.8 Å². The van der Waals surface area contributed by atoms with Gasteiger partial charge in [0, 0.05) is 23.5 Å². The summed E-state index contributed by atoms with van der Waals surface area (Å²) in [6, 6.07) is 8.95. The SMILES string of the molecule is CC(C)(C)OC(C(=O)O)c1c(C(F)(F)F)ccc(-n2cccn2)c1-c1ccc2c(c1)CCCO2. The first-order valence-electron chi connectivity index (χ1n) is 10.9. The lowest BCUT2D eigenvalue weighted by atomic mass is 9.88. The Labute approximate surface area is 194 Å². The number of carboxylic acids is 1. The lowest BCUT2D eigenvalue weighted by Gasteiger charge is -2.30. The molecule has 3 aromatic rings. The maximum Gasteiger partial charge on any atom is 0.416 e. The largest absolute Gasteiger partial charge is 0.493 e. The van der Waals surface area contributed by atoms with Crippen LogP contribution in [0.4, 0.5) is 13.2 Å². The van der Waals surface area contributed by atoms with Crippen molar-refractivity contribution < 1.29 is 32.5 Å². The average Bonchev–Trinajstić information content (AvgIpc) is 3.29. The number of nitrogens with zero attached hydrogens (tertiary/aromatic N) is 2. The highest BCUT2D eigenvalue weighted by atomic mass is 19.4. The van der Waals surface area contributed by atoms with E-state index in [9.17, 15) is 23.1 Å². The number of benzene rings is 2. The summed E-state index contributed by atoms with van der Waals surface area (Å²) in [5.41, 5.74) is -0.850. The number of aryl methyl sites for hydroxylation is 1. The molecule has 0 bridgehead atoms. The summed E-state index contributed by atoms with van der Waals surface area (Å²) < 4.78 is 55.6. The zero-order chi connectivity index (χ0) is 24.7. The predicted octanol–water partition coefficient (Wildman–Crippen LogP) is 5.82. The highest BCUT2D eigenvalue weighted by Gasteiger charge is 2.41. The number of fused-ring (bicyclic) bond motifs is 1. The van der Waals surface area contributed by atoms with Crippen molar-refractivity contribution in [1.29, 1.82) is 0 Å². The molecule has 0 amide bonds. The third-order valence-corrected chi connectivity index (χ3v) is 5.44. The van der Waals surface area contributed by atoms with Gasteiger partial charge in [0.05, 0.1) is 23.5 Å². The van der Waals surface area contributed by atoms with Crippen LogP contribution in [0.3, 0.4) is 0 Å². The van der Waals surface area contributed by atoms with Gasteiger partial charge in [0.15, 0.2) is 6.10 Å². The molecule has 1 aliphatic rings. The number of hydrogen-bond donors (Lipinski definition) is 1. The van der Waals surface area contributed by atoms with Crippen LogP contribution in [0.2, 0.25) is 0 Å². The van der Waals surface area contributed by atoms with Gasteiger partial charge in [-0.25, -0.2) is 9.48 Å². The lowest BCUT2D eigenvalue weighted by Crippen LogP contribution is -2.30. The molecule has 0 saturated carbocycles. The highest BCUT2D eigenvalue weighted by Crippen LogP contribution is 2.45. The molecular weight excluding hydrogens is 449 g/mol. The first-order valence-corrected chi connectivity index (χ1v) is 10.9. The van der Waals surface area contributed by atoms with Crippen LogP contribution in [-0.2, 0) is 22.1 Å². The van der Waals surface area contributed by atoms with E-state index in [1.165, 1.54) is 16.9 Å². The molecule has 0 spiro atoms. The molecule has 0 aliphatic carbocycles. The molecule has 9 heteroatoms. The molecule has 180 valence electrons. The zero-order valence-corrected chi connectivity index (χ0v) is 19.0. The fourth-order valence-corrected chi connectivity index (χ4v) is 4.14. The maximum atomic E-state index is 14.3. The fraction of sp³-hybridized carbons (Fsp3) is 0.360. The molecule has 34 heavy (non-hydrogen) atoms. The van der Waals surface area contributed by atoms with E-state index in [-0.39, 0.29) is 5.56 Å². The molecule has 6 nitrogen and oxygen atoms in total. The summed E-state index contributed by atoms with van der Waals surface area (Å²) in [6.45, 7) is 5.37. The van der Waals surface area contributed by atoms with E-state index in [1.807, 2.05) is 0 Å². The Bertz CT molecular complexity index is 1200. The van der Waals surface area contributed by atoms with Crippen LogP contribution >= 0.6 is 0 Å². The number of alkyl halides is 3. The van der Waals surface area contributed by atoms with Crippen molar-refractivity contribution in [3.63, 3.8) is 0 Å². The predicted molar refractivity (Wildman–Crippen MR) is 119 cm³/mol. The van der Waals surface area contributed by atoms with Gasteiger partial charge in [0.1, 0.15) is 5.75 Å². The Morgan fingerprint density at radius 2 is 1.97 bits per heavy atom. The van der Waals surface area contributed by atoms with Gasteiger partial charge >= 0.3 is 12.1 Å². The van der Waals surface area contributed by atoms with Gasteiger partial charge in [-0.2, -0.15) is 18.3 Å². The van der Waals surface area contributed by atoms with Crippen molar-refractivity contribution in [1.82, 2.24) is 9.78 Å². The van der Waals surface area contributed by atoms with Gasteiger partial charge < -0.3 is 14.6 Å². The summed E-state index contributed by atoms with van der Waals surface area (Å²) in [5, 5.41) is 14.2. The summed E-state index contributed by atoms with van der Waals surface area (Å²) in [4.78, 5) is 12.3. The molecule has 1 unspecified atom stereocenters. The molecule has 0 fully saturated rings. The number of halogens is 3. The second kappa shape index (κ2) is 8.79. The molecule has 0 saturated heterocycles. The molecule has 1 N–H and O–H groups in total. The van der Waals surface area contributed by atoms with Crippen LogP contribution in [0, 0.1) is 0 Å². The zero-order valence-electron chi connectivity index (χ0n) is 19.0. The van der Waals surface area contributed by atoms with E-state index < -0.39 is 35.0 Å². The van der Waals surface area contributed by atoms with Gasteiger partial charge in [0.2, 0.25) is 0 Å². The maximum absolute atomic E-state index is 14.3. The Hall–Kier alpha value is -3.33. The number of carboxylic acid groups (broad SMARTS) is 1. The lowest BCUT2D eigenvalue weighted by molar-refractivity contribution is -0.163. The molecule has 1 atom stereocenters. The Morgan fingerprint density at radius 1 is 1.21 bits per heavy atom. The standard InChI is InChI=1S/C25H25F3N2O4/c1-24(2,3)34-22(23(31)32)21-17(25(26,27)28)8-9-18(30-12-5-11-29-30)20(21)16-7-10-19-15(14-16)6-4-13-33-19/h5,7-12,14,22H,4,6,13H2,1-3H3,(H,31,32). The summed E-state index contributed by atoms with van der Waals surface area (Å²) in [5.74, 6) is -0.842. The number of ether oxygens (including phenoxy) is 2. The summed E-state index contributed by atoms with van der Waals surface area (Å²) in [6.07, 6.45) is -2.09. The first kappa shape index (κ1) is 23.8. The van der Waals surface area contributed by atoms with Crippen molar-refractivity contribution in [2.24, 2.45) is 0 Å². The smallest absolute Gasteiger partial charge is 0.416 e. The third kappa shape index (κ3) is 4.79. The molecule has 2 aromatic carbocycles. The first-order chi connectivity index (χ1) is 16.0. The highest BCUT2D eigenvalue weighted by molar-refractivity contribution is 5.85. The Kier molecular flexibility index (Phi) is 6.16. The monoisotopic (exact) mass is 474 g/mol. The van der Waals surface area contributed by atoms with Crippen LogP contribution in [0.5, 0.6) is 5.75 Å². The average molecular weight is 474 g/mol. The van der Waals surface area contributed by atoms with E-state index in [0.29, 0.717) is 30.0 Å². The van der Waals surface area contributed by atoms with Crippen molar-refractivity contribution in [3.8, 4) is 22.6 Å². The third-order valence-electron chi connectivity index (χ3n) is 5.44. The minimum Gasteiger partial charge on any atom is -0.493 e. The molecule has 0 radical (unpaired) electrons. The van der Waals surface area contributed by atoms with Crippen molar-refractivity contribution in [2.45, 2.75) is 51.5 Å². The normalized spacial score (nSPS) is 14.9. The number of hydrogen-bond acceptors (Lipinski definition) is 4. The van der Waals surface area contributed by atoms with Gasteiger partial charge in [-0.3, -0.25) is 0 Å². The molecular formula is C25H25F3N2O4. The Balaban J connectivity index is 2.08. The van der Waals surface area contributed by atoms with E-state index in [2.05, 4.69) is 5.10 Å². The molecule has 4 rings (SSSR count). The molecule has 1 aromatic heterocycles. The van der Waals surface area contributed by atoms with E-state index in [0.717, 1.165) is 18.1 Å². The van der Waals surface area contributed by atoms with E-state index in [4.69, 9.17) is 9.47 Å². The van der Waals surface area contributed by atoms with Gasteiger partial charge in [-0.1, -0.05) is 6.07 Å². The van der Waals surface area contributed by atoms with Crippen LogP contribution < -0.4 is 4.74 Å². The minimum atomic E-state index is -4.81. The van der Waals surface area contributed by atoms with Crippen molar-refractivity contribution >= 4 is 5.97 Å². The summed E-state index contributed by atoms with van der Waals surface area (Å²) >= 11 is 0. The van der Waals surface area contributed by atoms with Crippen molar-refractivity contribution in [3.05, 3.63) is 65.5 Å². The van der Waals surface area contributed by atoms with E-state index in [1.54, 1.807) is 51.2 Å². The minimum absolute atomic E-state index is 0.101. The second-order valence-electron chi connectivity index (χ2n) is 9.09.